The van der Waals surface area contributed by atoms with Crippen LogP contribution in [-0.2, 0) is 0 Å². The van der Waals surface area contributed by atoms with Crippen molar-refractivity contribution >= 4 is 38.6 Å². The second-order valence-corrected chi connectivity index (χ2v) is 14.5. The Labute approximate surface area is 334 Å². The molecule has 0 aliphatic carbocycles. The molecule has 0 aromatic heterocycles. The van der Waals surface area contributed by atoms with Crippen LogP contribution in [-0.4, -0.2) is 0 Å². The average Bonchev–Trinajstić information content (AvgIpc) is 3.30. The van der Waals surface area contributed by atoms with E-state index in [4.69, 9.17) is 0 Å². The van der Waals surface area contributed by atoms with Crippen molar-refractivity contribution in [3.63, 3.8) is 0 Å². The van der Waals surface area contributed by atoms with Gasteiger partial charge in [0.25, 0.3) is 0 Å². The molecular weight excluding hydrogens is 687 g/mol. The molecule has 10 rings (SSSR count). The maximum Gasteiger partial charge on any atom is 0.0540 e. The number of benzene rings is 10. The van der Waals surface area contributed by atoms with Crippen molar-refractivity contribution in [1.82, 2.24) is 0 Å². The molecule has 0 spiro atoms. The van der Waals surface area contributed by atoms with E-state index in [-0.39, 0.29) is 0 Å². The first-order valence-corrected chi connectivity index (χ1v) is 19.6. The molecule has 0 radical (unpaired) electrons. The minimum absolute atomic E-state index is 1.10. The predicted octanol–water partition coefficient (Wildman–Crippen LogP) is 15.8. The van der Waals surface area contributed by atoms with E-state index in [0.29, 0.717) is 0 Å². The topological polar surface area (TPSA) is 3.24 Å². The van der Waals surface area contributed by atoms with Crippen LogP contribution in [0.4, 0.5) is 17.1 Å². The van der Waals surface area contributed by atoms with Crippen LogP contribution in [0.5, 0.6) is 0 Å². The number of para-hydroxylation sites is 1. The highest BCUT2D eigenvalue weighted by atomic mass is 15.1. The zero-order valence-electron chi connectivity index (χ0n) is 31.5. The molecular formula is C56H39N. The van der Waals surface area contributed by atoms with E-state index >= 15 is 0 Å². The minimum Gasteiger partial charge on any atom is -0.310 e. The Bertz CT molecular complexity index is 2990. The second-order valence-electron chi connectivity index (χ2n) is 14.5. The Morgan fingerprint density at radius 1 is 0.228 bits per heavy atom. The summed E-state index contributed by atoms with van der Waals surface area (Å²) in [6, 6.07) is 85.7. The van der Waals surface area contributed by atoms with Crippen molar-refractivity contribution in [3.05, 3.63) is 237 Å². The second kappa shape index (κ2) is 15.0. The van der Waals surface area contributed by atoms with Gasteiger partial charge in [0.1, 0.15) is 0 Å². The largest absolute Gasteiger partial charge is 0.310 e. The zero-order valence-corrected chi connectivity index (χ0v) is 31.5. The standard InChI is InChI=1S/C56H39N/c1-2-15-40(16-3-1)42-29-31-44(32-30-42)51-22-8-9-23-52(51)53-24-10-11-25-54(53)55-26-12-13-28-56(55)57(48-38-33-41-17-4-5-19-46(41)39-48)47-36-34-45(35-37-47)50-27-14-20-43-18-6-7-21-49(43)50/h1-39H. The van der Waals surface area contributed by atoms with Crippen LogP contribution in [0.1, 0.15) is 0 Å². The fourth-order valence-corrected chi connectivity index (χ4v) is 8.30. The smallest absolute Gasteiger partial charge is 0.0540 e. The Balaban J connectivity index is 1.11. The van der Waals surface area contributed by atoms with Gasteiger partial charge in [-0.2, -0.15) is 0 Å². The van der Waals surface area contributed by atoms with Gasteiger partial charge in [0, 0.05) is 16.9 Å². The number of rotatable bonds is 8. The number of hydrogen-bond donors (Lipinski definition) is 0. The monoisotopic (exact) mass is 725 g/mol. The number of fused-ring (bicyclic) bond motifs is 2. The summed E-state index contributed by atoms with van der Waals surface area (Å²) in [5.74, 6) is 0. The van der Waals surface area contributed by atoms with Crippen LogP contribution in [0.25, 0.3) is 77.2 Å². The summed E-state index contributed by atoms with van der Waals surface area (Å²) >= 11 is 0. The van der Waals surface area contributed by atoms with Crippen molar-refractivity contribution in [3.8, 4) is 55.6 Å². The van der Waals surface area contributed by atoms with Gasteiger partial charge in [0.05, 0.1) is 5.69 Å². The first kappa shape index (κ1) is 34.0. The fourth-order valence-electron chi connectivity index (χ4n) is 8.30. The molecule has 0 unspecified atom stereocenters. The Morgan fingerprint density at radius 2 is 0.684 bits per heavy atom. The average molecular weight is 726 g/mol. The first-order valence-electron chi connectivity index (χ1n) is 19.6. The Morgan fingerprint density at radius 3 is 1.44 bits per heavy atom. The molecule has 268 valence electrons. The predicted molar refractivity (Wildman–Crippen MR) is 243 cm³/mol. The van der Waals surface area contributed by atoms with E-state index < -0.39 is 0 Å². The van der Waals surface area contributed by atoms with E-state index in [2.05, 4.69) is 241 Å². The molecule has 10 aromatic rings. The van der Waals surface area contributed by atoms with Gasteiger partial charge in [-0.25, -0.2) is 0 Å². The highest BCUT2D eigenvalue weighted by Gasteiger charge is 2.21. The number of hydrogen-bond acceptors (Lipinski definition) is 1. The third kappa shape index (κ3) is 6.56. The highest BCUT2D eigenvalue weighted by molar-refractivity contribution is 6.00. The molecule has 0 aliphatic rings. The van der Waals surface area contributed by atoms with Gasteiger partial charge in [-0.15, -0.1) is 0 Å². The van der Waals surface area contributed by atoms with Gasteiger partial charge in [0.2, 0.25) is 0 Å². The van der Waals surface area contributed by atoms with Crippen LogP contribution < -0.4 is 4.90 Å². The van der Waals surface area contributed by atoms with Crippen LogP contribution in [0.3, 0.4) is 0 Å². The van der Waals surface area contributed by atoms with Gasteiger partial charge in [-0.3, -0.25) is 0 Å². The molecule has 0 atom stereocenters. The lowest BCUT2D eigenvalue weighted by molar-refractivity contribution is 1.29. The van der Waals surface area contributed by atoms with Gasteiger partial charge in [-0.05, 0) is 102 Å². The molecule has 0 heterocycles. The van der Waals surface area contributed by atoms with Gasteiger partial charge < -0.3 is 4.90 Å². The molecule has 0 aliphatic heterocycles. The molecule has 0 saturated heterocycles. The summed E-state index contributed by atoms with van der Waals surface area (Å²) in [6.45, 7) is 0. The molecule has 0 saturated carbocycles. The molecule has 0 N–H and O–H groups in total. The SMILES string of the molecule is c1ccc(-c2ccc(-c3ccccc3-c3ccccc3-c3ccccc3N(c3ccc(-c4cccc5ccccc45)cc3)c3ccc4ccccc4c3)cc2)cc1. The fraction of sp³-hybridized carbons (Fsp3) is 0. The number of nitrogens with zero attached hydrogens (tertiary/aromatic N) is 1. The Hall–Kier alpha value is -7.48. The summed E-state index contributed by atoms with van der Waals surface area (Å²) in [7, 11) is 0. The van der Waals surface area contributed by atoms with Crippen LogP contribution in [0.2, 0.25) is 0 Å². The molecule has 1 nitrogen and oxygen atoms in total. The summed E-state index contributed by atoms with van der Waals surface area (Å²) < 4.78 is 0. The zero-order chi connectivity index (χ0) is 38.0. The molecule has 57 heavy (non-hydrogen) atoms. The van der Waals surface area contributed by atoms with Crippen molar-refractivity contribution in [2.24, 2.45) is 0 Å². The lowest BCUT2D eigenvalue weighted by atomic mass is 9.88. The normalized spacial score (nSPS) is 11.2. The summed E-state index contributed by atoms with van der Waals surface area (Å²) in [6.07, 6.45) is 0. The molecule has 10 aromatic carbocycles. The van der Waals surface area contributed by atoms with Crippen molar-refractivity contribution in [1.29, 1.82) is 0 Å². The number of anilines is 3. The third-order valence-corrected chi connectivity index (χ3v) is 11.1. The van der Waals surface area contributed by atoms with E-state index in [1.165, 1.54) is 71.6 Å². The lowest BCUT2D eigenvalue weighted by Crippen LogP contribution is -2.11. The van der Waals surface area contributed by atoms with Crippen molar-refractivity contribution in [2.75, 3.05) is 4.90 Å². The summed E-state index contributed by atoms with van der Waals surface area (Å²) in [5, 5.41) is 4.93. The van der Waals surface area contributed by atoms with Gasteiger partial charge in [0.15, 0.2) is 0 Å². The van der Waals surface area contributed by atoms with E-state index in [1.54, 1.807) is 0 Å². The summed E-state index contributed by atoms with van der Waals surface area (Å²) in [5.41, 5.74) is 15.3. The van der Waals surface area contributed by atoms with Crippen LogP contribution in [0, 0.1) is 0 Å². The molecule has 0 fully saturated rings. The lowest BCUT2D eigenvalue weighted by Gasteiger charge is -2.29. The van der Waals surface area contributed by atoms with Gasteiger partial charge in [-0.1, -0.05) is 206 Å². The van der Waals surface area contributed by atoms with E-state index in [0.717, 1.165) is 22.6 Å². The van der Waals surface area contributed by atoms with E-state index in [1.807, 2.05) is 0 Å². The molecule has 1 heteroatoms. The summed E-state index contributed by atoms with van der Waals surface area (Å²) in [4.78, 5) is 2.42. The van der Waals surface area contributed by atoms with Crippen molar-refractivity contribution < 1.29 is 0 Å². The minimum atomic E-state index is 1.10. The Kier molecular flexibility index (Phi) is 8.95. The maximum absolute atomic E-state index is 2.42. The van der Waals surface area contributed by atoms with Crippen molar-refractivity contribution in [2.45, 2.75) is 0 Å². The molecule has 0 amide bonds. The van der Waals surface area contributed by atoms with Crippen LogP contribution in [0.15, 0.2) is 237 Å². The van der Waals surface area contributed by atoms with Gasteiger partial charge >= 0.3 is 0 Å². The van der Waals surface area contributed by atoms with Crippen LogP contribution >= 0.6 is 0 Å². The third-order valence-electron chi connectivity index (χ3n) is 11.1. The quantitative estimate of drug-likeness (QED) is 0.151. The highest BCUT2D eigenvalue weighted by Crippen LogP contribution is 2.46. The maximum atomic E-state index is 2.42. The first-order chi connectivity index (χ1) is 28.3. The molecule has 0 bridgehead atoms. The van der Waals surface area contributed by atoms with E-state index in [9.17, 15) is 0 Å².